The summed E-state index contributed by atoms with van der Waals surface area (Å²) in [7, 11) is -3.68. The molecule has 2 aromatic carbocycles. The van der Waals surface area contributed by atoms with Crippen LogP contribution in [-0.4, -0.2) is 78.3 Å². The zero-order valence-corrected chi connectivity index (χ0v) is 20.7. The lowest BCUT2D eigenvalue weighted by molar-refractivity contribution is -0.136. The Bertz CT molecular complexity index is 1380. The molecule has 11 heteroatoms. The molecule has 3 aromatic rings. The number of halogens is 1. The standard InChI is InChI=1S/C24H27ClN4O5S/c25-18-8-9-22-21(14-18)29(24(31)34-22)17-23(30)28-13-12-27(16-19(28)15-26-10-4-5-11-26)35(32,33)20-6-2-1-3-7-20/h1-3,6-9,14,19H,4-5,10-13,15-17H2. The lowest BCUT2D eigenvalue weighted by atomic mass is 10.1. The fourth-order valence-corrected chi connectivity index (χ4v) is 6.60. The molecule has 1 amide bonds. The van der Waals surface area contributed by atoms with Gasteiger partial charge in [-0.25, -0.2) is 13.2 Å². The number of oxazole rings is 1. The molecule has 3 heterocycles. The minimum Gasteiger partial charge on any atom is -0.408 e. The molecule has 9 nitrogen and oxygen atoms in total. The highest BCUT2D eigenvalue weighted by molar-refractivity contribution is 7.89. The normalized spacial score (nSPS) is 20.0. The maximum Gasteiger partial charge on any atom is 0.420 e. The summed E-state index contributed by atoms with van der Waals surface area (Å²) in [4.78, 5) is 30.1. The van der Waals surface area contributed by atoms with Gasteiger partial charge < -0.3 is 14.2 Å². The first-order valence-corrected chi connectivity index (χ1v) is 13.5. The van der Waals surface area contributed by atoms with Gasteiger partial charge in [0.15, 0.2) is 5.58 Å². The molecule has 35 heavy (non-hydrogen) atoms. The third-order valence-electron chi connectivity index (χ3n) is 6.74. The highest BCUT2D eigenvalue weighted by atomic mass is 35.5. The van der Waals surface area contributed by atoms with Crippen molar-refractivity contribution >= 4 is 38.6 Å². The Hall–Kier alpha value is -2.66. The van der Waals surface area contributed by atoms with E-state index in [1.807, 2.05) is 0 Å². The second-order valence-electron chi connectivity index (χ2n) is 8.99. The molecule has 1 atom stereocenters. The molecule has 0 aliphatic carbocycles. The van der Waals surface area contributed by atoms with Gasteiger partial charge in [0.25, 0.3) is 0 Å². The van der Waals surface area contributed by atoms with Crippen LogP contribution in [0.5, 0.6) is 0 Å². The lowest BCUT2D eigenvalue weighted by Crippen LogP contribution is -2.60. The number of rotatable bonds is 6. The number of nitrogens with zero attached hydrogens (tertiary/aromatic N) is 4. The zero-order valence-electron chi connectivity index (χ0n) is 19.2. The van der Waals surface area contributed by atoms with Crippen LogP contribution in [-0.2, 0) is 21.4 Å². The number of carbonyl (C=O) groups is 1. The van der Waals surface area contributed by atoms with Gasteiger partial charge in [-0.1, -0.05) is 29.8 Å². The van der Waals surface area contributed by atoms with Gasteiger partial charge in [-0.2, -0.15) is 4.31 Å². The van der Waals surface area contributed by atoms with Gasteiger partial charge in [-0.05, 0) is 56.3 Å². The number of piperazine rings is 1. The Kier molecular flexibility index (Phi) is 6.71. The van der Waals surface area contributed by atoms with E-state index in [-0.39, 0.29) is 43.0 Å². The van der Waals surface area contributed by atoms with Crippen molar-refractivity contribution in [2.75, 3.05) is 39.3 Å². The fraction of sp³-hybridized carbons (Fsp3) is 0.417. The number of fused-ring (bicyclic) bond motifs is 1. The maximum absolute atomic E-state index is 13.5. The Morgan fingerprint density at radius 2 is 1.77 bits per heavy atom. The number of sulfonamides is 1. The molecular weight excluding hydrogens is 492 g/mol. The summed E-state index contributed by atoms with van der Waals surface area (Å²) in [5.41, 5.74) is 0.817. The Morgan fingerprint density at radius 1 is 1.03 bits per heavy atom. The summed E-state index contributed by atoms with van der Waals surface area (Å²) in [5, 5.41) is 0.436. The van der Waals surface area contributed by atoms with Crippen LogP contribution in [0.3, 0.4) is 0 Å². The van der Waals surface area contributed by atoms with Crippen molar-refractivity contribution in [1.82, 2.24) is 18.7 Å². The van der Waals surface area contributed by atoms with Crippen molar-refractivity contribution in [1.29, 1.82) is 0 Å². The molecule has 0 radical (unpaired) electrons. The average Bonchev–Trinajstić information content (AvgIpc) is 3.47. The smallest absolute Gasteiger partial charge is 0.408 e. The van der Waals surface area contributed by atoms with Crippen LogP contribution in [0.2, 0.25) is 5.02 Å². The van der Waals surface area contributed by atoms with Crippen molar-refractivity contribution in [2.45, 2.75) is 30.3 Å². The third kappa shape index (κ3) is 4.88. The van der Waals surface area contributed by atoms with Crippen LogP contribution >= 0.6 is 11.6 Å². The molecule has 1 unspecified atom stereocenters. The number of amides is 1. The first kappa shape index (κ1) is 24.1. The van der Waals surface area contributed by atoms with Crippen LogP contribution < -0.4 is 5.76 Å². The van der Waals surface area contributed by atoms with Gasteiger partial charge in [0.2, 0.25) is 15.9 Å². The van der Waals surface area contributed by atoms with Crippen LogP contribution in [0.15, 0.2) is 62.6 Å². The van der Waals surface area contributed by atoms with Gasteiger partial charge in [0.1, 0.15) is 6.54 Å². The summed E-state index contributed by atoms with van der Waals surface area (Å²) in [5.74, 6) is -0.882. The van der Waals surface area contributed by atoms with E-state index in [0.717, 1.165) is 25.9 Å². The highest BCUT2D eigenvalue weighted by Crippen LogP contribution is 2.23. The molecule has 186 valence electrons. The van der Waals surface area contributed by atoms with Gasteiger partial charge in [0.05, 0.1) is 16.5 Å². The van der Waals surface area contributed by atoms with E-state index in [2.05, 4.69) is 4.90 Å². The predicted octanol–water partition coefficient (Wildman–Crippen LogP) is 2.25. The fourth-order valence-electron chi connectivity index (χ4n) is 4.95. The van der Waals surface area contributed by atoms with Crippen LogP contribution in [0.1, 0.15) is 12.8 Å². The number of hydrogen-bond donors (Lipinski definition) is 0. The highest BCUT2D eigenvalue weighted by Gasteiger charge is 2.37. The molecule has 0 bridgehead atoms. The lowest BCUT2D eigenvalue weighted by Gasteiger charge is -2.42. The molecule has 2 aliphatic rings. The monoisotopic (exact) mass is 518 g/mol. The number of carbonyl (C=O) groups excluding carboxylic acids is 1. The topological polar surface area (TPSA) is 96.1 Å². The van der Waals surface area contributed by atoms with E-state index in [9.17, 15) is 18.0 Å². The molecule has 5 rings (SSSR count). The van der Waals surface area contributed by atoms with Crippen LogP contribution in [0, 0.1) is 0 Å². The molecule has 0 spiro atoms. The van der Waals surface area contributed by atoms with Gasteiger partial charge in [-0.15, -0.1) is 0 Å². The molecular formula is C24H27ClN4O5S. The first-order chi connectivity index (χ1) is 16.8. The molecule has 0 saturated carbocycles. The number of aromatic nitrogens is 1. The summed E-state index contributed by atoms with van der Waals surface area (Å²) < 4.78 is 34.5. The summed E-state index contributed by atoms with van der Waals surface area (Å²) in [6, 6.07) is 12.8. The summed E-state index contributed by atoms with van der Waals surface area (Å²) in [6.45, 7) is 2.86. The Balaban J connectivity index is 1.40. The summed E-state index contributed by atoms with van der Waals surface area (Å²) in [6.07, 6.45) is 2.17. The van der Waals surface area contributed by atoms with E-state index in [1.165, 1.54) is 8.87 Å². The number of likely N-dealkylation sites (tertiary alicyclic amines) is 1. The maximum atomic E-state index is 13.5. The van der Waals surface area contributed by atoms with Crippen LogP contribution in [0.25, 0.3) is 11.1 Å². The van der Waals surface area contributed by atoms with E-state index < -0.39 is 15.8 Å². The predicted molar refractivity (Wildman–Crippen MR) is 132 cm³/mol. The zero-order chi connectivity index (χ0) is 24.6. The van der Waals surface area contributed by atoms with E-state index in [1.54, 1.807) is 53.4 Å². The second kappa shape index (κ2) is 9.77. The third-order valence-corrected chi connectivity index (χ3v) is 8.85. The number of benzene rings is 2. The van der Waals surface area contributed by atoms with Crippen molar-refractivity contribution < 1.29 is 17.6 Å². The van der Waals surface area contributed by atoms with Crippen molar-refractivity contribution in [3.8, 4) is 0 Å². The Morgan fingerprint density at radius 3 is 2.51 bits per heavy atom. The molecule has 1 aromatic heterocycles. The van der Waals surface area contributed by atoms with E-state index in [0.29, 0.717) is 22.7 Å². The molecule has 0 N–H and O–H groups in total. The Labute approximate surface area is 208 Å². The second-order valence-corrected chi connectivity index (χ2v) is 11.4. The molecule has 2 saturated heterocycles. The number of hydrogen-bond acceptors (Lipinski definition) is 6. The van der Waals surface area contributed by atoms with Gasteiger partial charge in [0, 0.05) is 31.2 Å². The average molecular weight is 519 g/mol. The SMILES string of the molecule is O=C(Cn1c(=O)oc2ccc(Cl)cc21)N1CCN(S(=O)(=O)c2ccccc2)CC1CN1CCCC1. The van der Waals surface area contributed by atoms with Crippen LogP contribution in [0.4, 0.5) is 0 Å². The molecule has 2 aliphatic heterocycles. The van der Waals surface area contributed by atoms with Gasteiger partial charge >= 0.3 is 5.76 Å². The minimum absolute atomic E-state index is 0.187. The van der Waals surface area contributed by atoms with Crippen molar-refractivity contribution in [2.24, 2.45) is 0 Å². The quantitative estimate of drug-likeness (QED) is 0.496. The summed E-state index contributed by atoms with van der Waals surface area (Å²) >= 11 is 6.09. The largest absolute Gasteiger partial charge is 0.420 e. The van der Waals surface area contributed by atoms with E-state index >= 15 is 0 Å². The van der Waals surface area contributed by atoms with Crippen molar-refractivity contribution in [3.63, 3.8) is 0 Å². The van der Waals surface area contributed by atoms with Crippen molar-refractivity contribution in [3.05, 3.63) is 64.1 Å². The molecule has 2 fully saturated rings. The van der Waals surface area contributed by atoms with E-state index in [4.69, 9.17) is 16.0 Å². The minimum atomic E-state index is -3.68. The van der Waals surface area contributed by atoms with Gasteiger partial charge in [-0.3, -0.25) is 9.36 Å². The first-order valence-electron chi connectivity index (χ1n) is 11.7.